The minimum Gasteiger partial charge on any atom is -0.383 e. The molecular weight excluding hydrogens is 381 g/mol. The third-order valence-electron chi connectivity index (χ3n) is 4.48. The molecule has 0 unspecified atom stereocenters. The van der Waals surface area contributed by atoms with Gasteiger partial charge in [-0.25, -0.2) is 0 Å². The van der Waals surface area contributed by atoms with E-state index >= 15 is 0 Å². The zero-order valence-corrected chi connectivity index (χ0v) is 17.4. The van der Waals surface area contributed by atoms with Gasteiger partial charge in [-0.05, 0) is 35.2 Å². The van der Waals surface area contributed by atoms with E-state index in [1.165, 1.54) is 6.07 Å². The molecule has 0 bridgehead atoms. The third-order valence-corrected chi connectivity index (χ3v) is 4.48. The second kappa shape index (κ2) is 9.48. The number of ether oxygens (including phenoxy) is 1. The topological polar surface area (TPSA) is 34.5 Å². The Kier molecular flexibility index (Phi) is 7.52. The van der Waals surface area contributed by atoms with Crippen LogP contribution in [0.25, 0.3) is 0 Å². The monoisotopic (exact) mass is 410 g/mol. The Morgan fingerprint density at radius 2 is 1.86 bits per heavy atom. The van der Waals surface area contributed by atoms with E-state index in [9.17, 15) is 18.0 Å². The molecule has 0 spiro atoms. The number of halogens is 3. The predicted octanol–water partition coefficient (Wildman–Crippen LogP) is 4.97. The number of hydrogen-bond donors (Lipinski definition) is 0. The molecule has 160 valence electrons. The predicted molar refractivity (Wildman–Crippen MR) is 106 cm³/mol. The van der Waals surface area contributed by atoms with Gasteiger partial charge in [0.1, 0.15) is 0 Å². The van der Waals surface area contributed by atoms with Crippen LogP contribution in [0.1, 0.15) is 44.0 Å². The number of benzene rings is 1. The van der Waals surface area contributed by atoms with Crippen molar-refractivity contribution >= 4 is 5.91 Å². The Morgan fingerprint density at radius 1 is 1.14 bits per heavy atom. The van der Waals surface area contributed by atoms with Crippen molar-refractivity contribution in [1.82, 2.24) is 9.47 Å². The summed E-state index contributed by atoms with van der Waals surface area (Å²) in [6, 6.07) is 9.05. The minimum absolute atomic E-state index is 0.0290. The molecule has 2 rings (SSSR count). The van der Waals surface area contributed by atoms with Gasteiger partial charge in [0.05, 0.1) is 18.7 Å². The van der Waals surface area contributed by atoms with Crippen molar-refractivity contribution in [2.24, 2.45) is 5.41 Å². The molecule has 0 radical (unpaired) electrons. The highest BCUT2D eigenvalue weighted by atomic mass is 19.4. The van der Waals surface area contributed by atoms with Crippen LogP contribution in [0.15, 0.2) is 42.6 Å². The molecule has 0 aliphatic carbocycles. The lowest BCUT2D eigenvalue weighted by atomic mass is 9.91. The van der Waals surface area contributed by atoms with Crippen LogP contribution < -0.4 is 0 Å². The highest BCUT2D eigenvalue weighted by Gasteiger charge is 2.30. The maximum absolute atomic E-state index is 13.0. The molecule has 29 heavy (non-hydrogen) atoms. The molecule has 0 atom stereocenters. The normalized spacial score (nSPS) is 12.2. The Hall–Kier alpha value is -2.28. The first-order valence-corrected chi connectivity index (χ1v) is 9.56. The molecule has 0 aliphatic rings. The van der Waals surface area contributed by atoms with Crippen molar-refractivity contribution in [3.05, 3.63) is 59.4 Å². The van der Waals surface area contributed by atoms with E-state index in [4.69, 9.17) is 4.74 Å². The molecule has 7 heteroatoms. The SMILES string of the molecule is COCCN(Cc1cccn1Cc1cccc(C(F)(F)F)c1)C(=O)CC(C)(C)C. The fourth-order valence-corrected chi connectivity index (χ4v) is 3.04. The lowest BCUT2D eigenvalue weighted by molar-refractivity contribution is -0.137. The van der Waals surface area contributed by atoms with Crippen LogP contribution in [0.3, 0.4) is 0 Å². The molecule has 1 amide bonds. The largest absolute Gasteiger partial charge is 0.416 e. The average molecular weight is 410 g/mol. The van der Waals surface area contributed by atoms with Gasteiger partial charge in [-0.3, -0.25) is 4.79 Å². The summed E-state index contributed by atoms with van der Waals surface area (Å²) in [6.45, 7) is 7.59. The van der Waals surface area contributed by atoms with Gasteiger partial charge in [0.25, 0.3) is 0 Å². The molecule has 0 saturated carbocycles. The Labute approximate surface area is 170 Å². The lowest BCUT2D eigenvalue weighted by Crippen LogP contribution is -2.36. The number of carbonyl (C=O) groups excluding carboxylic acids is 1. The first-order valence-electron chi connectivity index (χ1n) is 9.56. The van der Waals surface area contributed by atoms with Gasteiger partial charge in [0.2, 0.25) is 5.91 Å². The van der Waals surface area contributed by atoms with Crippen molar-refractivity contribution in [2.45, 2.75) is 46.5 Å². The zero-order chi connectivity index (χ0) is 21.7. The van der Waals surface area contributed by atoms with Gasteiger partial charge in [-0.1, -0.05) is 32.9 Å². The van der Waals surface area contributed by atoms with Crippen LogP contribution in [0, 0.1) is 5.41 Å². The van der Waals surface area contributed by atoms with E-state index in [0.717, 1.165) is 17.8 Å². The minimum atomic E-state index is -4.37. The second-order valence-corrected chi connectivity index (χ2v) is 8.37. The van der Waals surface area contributed by atoms with Gasteiger partial charge >= 0.3 is 6.18 Å². The van der Waals surface area contributed by atoms with E-state index in [1.54, 1.807) is 18.1 Å². The summed E-state index contributed by atoms with van der Waals surface area (Å²) < 4.78 is 45.9. The molecule has 4 nitrogen and oxygen atoms in total. The van der Waals surface area contributed by atoms with E-state index in [0.29, 0.717) is 38.2 Å². The van der Waals surface area contributed by atoms with Crippen LogP contribution in [-0.4, -0.2) is 35.6 Å². The molecule has 0 N–H and O–H groups in total. The lowest BCUT2D eigenvalue weighted by Gasteiger charge is -2.27. The van der Waals surface area contributed by atoms with Gasteiger partial charge in [0.15, 0.2) is 0 Å². The van der Waals surface area contributed by atoms with Crippen LogP contribution >= 0.6 is 0 Å². The third kappa shape index (κ3) is 7.24. The van der Waals surface area contributed by atoms with Crippen LogP contribution in [0.5, 0.6) is 0 Å². The number of aromatic nitrogens is 1. The van der Waals surface area contributed by atoms with E-state index in [2.05, 4.69) is 0 Å². The van der Waals surface area contributed by atoms with Crippen LogP contribution in [0.4, 0.5) is 13.2 Å². The zero-order valence-electron chi connectivity index (χ0n) is 17.4. The summed E-state index contributed by atoms with van der Waals surface area (Å²) in [5, 5.41) is 0. The molecule has 0 saturated heterocycles. The number of methoxy groups -OCH3 is 1. The number of nitrogens with zero attached hydrogens (tertiary/aromatic N) is 2. The number of rotatable bonds is 8. The first-order chi connectivity index (χ1) is 13.5. The van der Waals surface area contributed by atoms with E-state index in [1.807, 2.05) is 43.7 Å². The average Bonchev–Trinajstić information content (AvgIpc) is 3.03. The fraction of sp³-hybridized carbons (Fsp3) is 0.500. The number of hydrogen-bond acceptors (Lipinski definition) is 2. The molecule has 1 aromatic heterocycles. The van der Waals surface area contributed by atoms with Gasteiger partial charge in [-0.15, -0.1) is 0 Å². The summed E-state index contributed by atoms with van der Waals surface area (Å²) in [5.74, 6) is 0.0290. The summed E-state index contributed by atoms with van der Waals surface area (Å²) in [5.41, 5.74) is 0.621. The maximum Gasteiger partial charge on any atom is 0.416 e. The molecule has 0 aliphatic heterocycles. The van der Waals surface area contributed by atoms with Gasteiger partial charge < -0.3 is 14.2 Å². The smallest absolute Gasteiger partial charge is 0.383 e. The number of alkyl halides is 3. The fourth-order valence-electron chi connectivity index (χ4n) is 3.04. The van der Waals surface area contributed by atoms with E-state index in [-0.39, 0.29) is 11.3 Å². The molecular formula is C22H29F3N2O2. The standard InChI is InChI=1S/C22H29F3N2O2/c1-21(2,3)14-20(28)27(11-12-29-4)16-19-9-6-10-26(19)15-17-7-5-8-18(13-17)22(23,24)25/h5-10,13H,11-12,14-16H2,1-4H3. The first kappa shape index (κ1) is 23.0. The Bertz CT molecular complexity index is 807. The molecule has 2 aromatic rings. The summed E-state index contributed by atoms with van der Waals surface area (Å²) in [4.78, 5) is 14.5. The summed E-state index contributed by atoms with van der Waals surface area (Å²) in [6.07, 6.45) is -2.14. The van der Waals surface area contributed by atoms with Crippen LogP contribution in [-0.2, 0) is 28.8 Å². The van der Waals surface area contributed by atoms with Gasteiger partial charge in [0, 0.05) is 38.5 Å². The van der Waals surface area contributed by atoms with Crippen molar-refractivity contribution in [3.8, 4) is 0 Å². The van der Waals surface area contributed by atoms with Gasteiger partial charge in [-0.2, -0.15) is 13.2 Å². The van der Waals surface area contributed by atoms with Crippen LogP contribution in [0.2, 0.25) is 0 Å². The van der Waals surface area contributed by atoms with Crippen molar-refractivity contribution in [3.63, 3.8) is 0 Å². The van der Waals surface area contributed by atoms with Crippen molar-refractivity contribution in [2.75, 3.05) is 20.3 Å². The Balaban J connectivity index is 2.18. The maximum atomic E-state index is 13.0. The molecule has 1 aromatic carbocycles. The highest BCUT2D eigenvalue weighted by molar-refractivity contribution is 5.76. The second-order valence-electron chi connectivity index (χ2n) is 8.37. The quantitative estimate of drug-likeness (QED) is 0.616. The summed E-state index contributed by atoms with van der Waals surface area (Å²) in [7, 11) is 1.59. The van der Waals surface area contributed by atoms with Crippen molar-refractivity contribution in [1.29, 1.82) is 0 Å². The molecule has 1 heterocycles. The Morgan fingerprint density at radius 3 is 2.48 bits per heavy atom. The highest BCUT2D eigenvalue weighted by Crippen LogP contribution is 2.29. The molecule has 0 fully saturated rings. The number of amides is 1. The van der Waals surface area contributed by atoms with E-state index < -0.39 is 11.7 Å². The summed E-state index contributed by atoms with van der Waals surface area (Å²) >= 11 is 0. The number of carbonyl (C=O) groups is 1. The van der Waals surface area contributed by atoms with Crippen molar-refractivity contribution < 1.29 is 22.7 Å².